The van der Waals surface area contributed by atoms with E-state index in [0.29, 0.717) is 11.7 Å². The van der Waals surface area contributed by atoms with E-state index < -0.39 is 0 Å². The lowest BCUT2D eigenvalue weighted by molar-refractivity contribution is -0.118. The molecular formula is C28H42N2O2. The summed E-state index contributed by atoms with van der Waals surface area (Å²) in [6.45, 7) is 9.86. The number of phenols is 1. The third-order valence-electron chi connectivity index (χ3n) is 6.32. The maximum absolute atomic E-state index is 11.0. The lowest BCUT2D eigenvalue weighted by Crippen LogP contribution is -2.45. The molecule has 4 nitrogen and oxygen atoms in total. The van der Waals surface area contributed by atoms with Gasteiger partial charge in [-0.2, -0.15) is 0 Å². The van der Waals surface area contributed by atoms with Crippen LogP contribution in [-0.2, 0) is 16.8 Å². The Bertz CT molecular complexity index is 826. The van der Waals surface area contributed by atoms with Crippen LogP contribution in [0.5, 0.6) is 5.75 Å². The van der Waals surface area contributed by atoms with Crippen molar-refractivity contribution in [2.45, 2.75) is 84.1 Å². The number of rotatable bonds is 8. The minimum absolute atomic E-state index is 0.0574. The topological polar surface area (TPSA) is 61.4 Å². The lowest BCUT2D eigenvalue weighted by Gasteiger charge is -2.39. The molecule has 0 unspecified atom stereocenters. The number of benzene rings is 2. The molecule has 1 amide bonds. The first-order valence-electron chi connectivity index (χ1n) is 12.2. The second kappa shape index (κ2) is 13.3. The van der Waals surface area contributed by atoms with Crippen molar-refractivity contribution in [3.05, 3.63) is 65.2 Å². The second-order valence-electron chi connectivity index (χ2n) is 9.21. The van der Waals surface area contributed by atoms with Crippen LogP contribution in [0.3, 0.4) is 0 Å². The van der Waals surface area contributed by atoms with Gasteiger partial charge in [-0.15, -0.1) is 0 Å². The minimum atomic E-state index is 0.0574. The van der Waals surface area contributed by atoms with E-state index >= 15 is 0 Å². The Kier molecular flexibility index (Phi) is 10.8. The summed E-state index contributed by atoms with van der Waals surface area (Å²) < 4.78 is 0. The first-order chi connectivity index (χ1) is 15.4. The van der Waals surface area contributed by atoms with Crippen molar-refractivity contribution >= 4 is 5.91 Å². The number of hydrogen-bond acceptors (Lipinski definition) is 3. The van der Waals surface area contributed by atoms with Crippen LogP contribution < -0.4 is 10.6 Å². The van der Waals surface area contributed by atoms with E-state index in [1.54, 1.807) is 19.1 Å². The van der Waals surface area contributed by atoms with E-state index in [2.05, 4.69) is 55.7 Å². The van der Waals surface area contributed by atoms with Crippen LogP contribution in [0.2, 0.25) is 0 Å². The first kappa shape index (κ1) is 25.9. The highest BCUT2D eigenvalue weighted by molar-refractivity contribution is 5.72. The summed E-state index contributed by atoms with van der Waals surface area (Å²) in [6.07, 6.45) is 8.33. The summed E-state index contributed by atoms with van der Waals surface area (Å²) in [5, 5.41) is 15.7. The van der Waals surface area contributed by atoms with Gasteiger partial charge >= 0.3 is 0 Å². The zero-order valence-electron chi connectivity index (χ0n) is 20.4. The third-order valence-corrected chi connectivity index (χ3v) is 6.32. The Morgan fingerprint density at radius 2 is 1.75 bits per heavy atom. The normalized spacial score (nSPS) is 15.0. The molecule has 0 bridgehead atoms. The van der Waals surface area contributed by atoms with Crippen molar-refractivity contribution in [1.29, 1.82) is 0 Å². The van der Waals surface area contributed by atoms with Crippen molar-refractivity contribution in [2.75, 3.05) is 13.1 Å². The van der Waals surface area contributed by atoms with Crippen LogP contribution in [0.25, 0.3) is 0 Å². The molecule has 3 N–H and O–H groups in total. The number of nitrogens with one attached hydrogen (secondary N) is 2. The van der Waals surface area contributed by atoms with Gasteiger partial charge in [0, 0.05) is 19.0 Å². The van der Waals surface area contributed by atoms with Gasteiger partial charge in [0.05, 0.1) is 0 Å². The number of phenolic OH excluding ortho intramolecular Hbond substituents is 1. The molecule has 0 heterocycles. The zero-order valence-corrected chi connectivity index (χ0v) is 20.4. The molecule has 1 saturated carbocycles. The fourth-order valence-corrected chi connectivity index (χ4v) is 4.38. The van der Waals surface area contributed by atoms with Crippen LogP contribution in [0, 0.1) is 0 Å². The monoisotopic (exact) mass is 438 g/mol. The van der Waals surface area contributed by atoms with Gasteiger partial charge in [0.2, 0.25) is 5.91 Å². The average Bonchev–Trinajstić information content (AvgIpc) is 2.80. The van der Waals surface area contributed by atoms with E-state index in [0.717, 1.165) is 25.9 Å². The summed E-state index contributed by atoms with van der Waals surface area (Å²) >= 11 is 0. The maximum atomic E-state index is 11.0. The van der Waals surface area contributed by atoms with Crippen molar-refractivity contribution in [1.82, 2.24) is 10.6 Å². The van der Waals surface area contributed by atoms with Gasteiger partial charge in [0.25, 0.3) is 0 Å². The van der Waals surface area contributed by atoms with Crippen molar-refractivity contribution in [3.8, 4) is 5.75 Å². The molecule has 2 aromatic rings. The average molecular weight is 439 g/mol. The predicted molar refractivity (Wildman–Crippen MR) is 134 cm³/mol. The van der Waals surface area contributed by atoms with Gasteiger partial charge in [0.1, 0.15) is 5.75 Å². The van der Waals surface area contributed by atoms with E-state index in [9.17, 15) is 4.79 Å². The number of amides is 1. The predicted octanol–water partition coefficient (Wildman–Crippen LogP) is 6.04. The first-order valence-corrected chi connectivity index (χ1v) is 12.2. The fourth-order valence-electron chi connectivity index (χ4n) is 4.38. The van der Waals surface area contributed by atoms with E-state index in [1.807, 2.05) is 12.1 Å². The Hall–Kier alpha value is -2.33. The zero-order chi connectivity index (χ0) is 23.4. The Balaban J connectivity index is 0.000000336. The molecule has 2 aromatic carbocycles. The van der Waals surface area contributed by atoms with Gasteiger partial charge in [-0.05, 0) is 67.0 Å². The van der Waals surface area contributed by atoms with Gasteiger partial charge < -0.3 is 15.7 Å². The highest BCUT2D eigenvalue weighted by atomic mass is 16.3. The number of carbonyl (C=O) groups is 1. The quantitative estimate of drug-likeness (QED) is 0.440. The number of aryl methyl sites for hydroxylation is 1. The Labute approximate surface area is 194 Å². The summed E-state index contributed by atoms with van der Waals surface area (Å²) in [7, 11) is 0. The molecule has 0 spiro atoms. The third kappa shape index (κ3) is 8.31. The molecule has 3 rings (SSSR count). The summed E-state index contributed by atoms with van der Waals surface area (Å²) in [5.41, 5.74) is 4.17. The van der Waals surface area contributed by atoms with Crippen molar-refractivity contribution in [3.63, 3.8) is 0 Å². The number of hydrogen-bond donors (Lipinski definition) is 3. The molecule has 1 aliphatic rings. The molecule has 0 radical (unpaired) electrons. The largest absolute Gasteiger partial charge is 0.508 e. The van der Waals surface area contributed by atoms with Crippen LogP contribution in [0.15, 0.2) is 48.5 Å². The van der Waals surface area contributed by atoms with Crippen LogP contribution in [-0.4, -0.2) is 24.1 Å². The smallest absolute Gasteiger partial charge is 0.216 e. The SMILES string of the molecule is CC(=O)NCCCNC1(c2cccc(C(C)C)c2)CCCCC1.CCc1cccc(O)c1. The fraction of sp³-hybridized carbons (Fsp3) is 0.536. The molecule has 32 heavy (non-hydrogen) atoms. The molecular weight excluding hydrogens is 396 g/mol. The molecule has 0 aromatic heterocycles. The van der Waals surface area contributed by atoms with E-state index in [1.165, 1.54) is 48.8 Å². The van der Waals surface area contributed by atoms with Crippen molar-refractivity contribution in [2.24, 2.45) is 0 Å². The maximum Gasteiger partial charge on any atom is 0.216 e. The molecule has 0 atom stereocenters. The van der Waals surface area contributed by atoms with E-state index in [4.69, 9.17) is 5.11 Å². The highest BCUT2D eigenvalue weighted by Gasteiger charge is 2.33. The number of carbonyl (C=O) groups excluding carboxylic acids is 1. The Morgan fingerprint density at radius 1 is 1.03 bits per heavy atom. The molecule has 0 saturated heterocycles. The standard InChI is InChI=1S/C20H32N2O.C8H10O/c1-16(2)18-9-7-10-19(15-18)20(11-5-4-6-12-20)22-14-8-13-21-17(3)23;1-2-7-4-3-5-8(9)6-7/h7,9-10,15-16,22H,4-6,8,11-14H2,1-3H3,(H,21,23);3-6,9H,2H2,1H3. The molecule has 176 valence electrons. The minimum Gasteiger partial charge on any atom is -0.508 e. The van der Waals surface area contributed by atoms with Crippen LogP contribution in [0.4, 0.5) is 0 Å². The lowest BCUT2D eigenvalue weighted by atomic mass is 9.75. The van der Waals surface area contributed by atoms with Gasteiger partial charge in [0.15, 0.2) is 0 Å². The van der Waals surface area contributed by atoms with Crippen molar-refractivity contribution < 1.29 is 9.90 Å². The van der Waals surface area contributed by atoms with Gasteiger partial charge in [-0.3, -0.25) is 4.79 Å². The highest BCUT2D eigenvalue weighted by Crippen LogP contribution is 2.38. The summed E-state index contributed by atoms with van der Waals surface area (Å²) in [4.78, 5) is 11.0. The molecule has 1 fully saturated rings. The van der Waals surface area contributed by atoms with Crippen LogP contribution >= 0.6 is 0 Å². The number of aromatic hydroxyl groups is 1. The molecule has 0 aliphatic heterocycles. The van der Waals surface area contributed by atoms with Gasteiger partial charge in [-0.25, -0.2) is 0 Å². The molecule has 1 aliphatic carbocycles. The summed E-state index contributed by atoms with van der Waals surface area (Å²) in [5.74, 6) is 0.978. The Morgan fingerprint density at radius 3 is 2.34 bits per heavy atom. The molecule has 4 heteroatoms. The second-order valence-corrected chi connectivity index (χ2v) is 9.21. The van der Waals surface area contributed by atoms with Gasteiger partial charge in [-0.1, -0.05) is 76.4 Å². The summed E-state index contributed by atoms with van der Waals surface area (Å²) in [6, 6.07) is 16.4. The van der Waals surface area contributed by atoms with E-state index in [-0.39, 0.29) is 11.4 Å². The van der Waals surface area contributed by atoms with Crippen LogP contribution in [0.1, 0.15) is 88.8 Å².